The van der Waals surface area contributed by atoms with Crippen LogP contribution in [-0.2, 0) is 4.79 Å². The molecule has 0 aliphatic rings. The van der Waals surface area contributed by atoms with E-state index >= 15 is 0 Å². The van der Waals surface area contributed by atoms with Crippen molar-refractivity contribution in [3.63, 3.8) is 0 Å². The third-order valence-corrected chi connectivity index (χ3v) is 2.52. The van der Waals surface area contributed by atoms with E-state index in [2.05, 4.69) is 0 Å². The SMILES string of the molecule is COc1cc(C(C)O)ccc1OCC(=O)N(C)C. The maximum absolute atomic E-state index is 11.4. The molecule has 1 amide bonds. The number of aliphatic hydroxyl groups is 1. The van der Waals surface area contributed by atoms with Crippen molar-refractivity contribution in [3.8, 4) is 11.5 Å². The second-order valence-corrected chi connectivity index (χ2v) is 4.16. The molecule has 0 bridgehead atoms. The van der Waals surface area contributed by atoms with Crippen LogP contribution in [0.3, 0.4) is 0 Å². The van der Waals surface area contributed by atoms with Crippen LogP contribution in [0, 0.1) is 0 Å². The van der Waals surface area contributed by atoms with Gasteiger partial charge in [0.2, 0.25) is 0 Å². The van der Waals surface area contributed by atoms with Crippen LogP contribution in [-0.4, -0.2) is 43.7 Å². The van der Waals surface area contributed by atoms with E-state index in [0.29, 0.717) is 11.5 Å². The number of nitrogens with zero attached hydrogens (tertiary/aromatic N) is 1. The lowest BCUT2D eigenvalue weighted by Gasteiger charge is -2.14. The number of likely N-dealkylation sites (N-methyl/N-ethyl adjacent to an activating group) is 1. The Kier molecular flexibility index (Phi) is 4.97. The smallest absolute Gasteiger partial charge is 0.259 e. The number of aliphatic hydroxyl groups excluding tert-OH is 1. The molecule has 1 unspecified atom stereocenters. The molecule has 0 aliphatic carbocycles. The highest BCUT2D eigenvalue weighted by Crippen LogP contribution is 2.30. The summed E-state index contributed by atoms with van der Waals surface area (Å²) in [5.41, 5.74) is 0.734. The fourth-order valence-electron chi connectivity index (χ4n) is 1.33. The largest absolute Gasteiger partial charge is 0.493 e. The number of carbonyl (C=O) groups excluding carboxylic acids is 1. The topological polar surface area (TPSA) is 59.0 Å². The van der Waals surface area contributed by atoms with Gasteiger partial charge in [0, 0.05) is 14.1 Å². The van der Waals surface area contributed by atoms with E-state index in [1.54, 1.807) is 39.2 Å². The van der Waals surface area contributed by atoms with Gasteiger partial charge in [0.1, 0.15) is 0 Å². The van der Waals surface area contributed by atoms with E-state index in [1.165, 1.54) is 12.0 Å². The maximum atomic E-state index is 11.4. The normalized spacial score (nSPS) is 11.8. The Labute approximate surface area is 107 Å². The molecule has 0 saturated heterocycles. The zero-order valence-electron chi connectivity index (χ0n) is 11.1. The van der Waals surface area contributed by atoms with Gasteiger partial charge in [0.25, 0.3) is 5.91 Å². The van der Waals surface area contributed by atoms with Crippen LogP contribution >= 0.6 is 0 Å². The summed E-state index contributed by atoms with van der Waals surface area (Å²) in [5, 5.41) is 9.47. The molecule has 1 rings (SSSR count). The third-order valence-electron chi connectivity index (χ3n) is 2.52. The van der Waals surface area contributed by atoms with E-state index < -0.39 is 6.10 Å². The molecular formula is C13H19NO4. The van der Waals surface area contributed by atoms with Gasteiger partial charge in [-0.05, 0) is 24.6 Å². The second-order valence-electron chi connectivity index (χ2n) is 4.16. The molecule has 18 heavy (non-hydrogen) atoms. The molecule has 100 valence electrons. The van der Waals surface area contributed by atoms with Crippen molar-refractivity contribution in [1.82, 2.24) is 4.90 Å². The predicted molar refractivity (Wildman–Crippen MR) is 67.8 cm³/mol. The maximum Gasteiger partial charge on any atom is 0.259 e. The molecule has 0 spiro atoms. The first-order valence-corrected chi connectivity index (χ1v) is 5.64. The summed E-state index contributed by atoms with van der Waals surface area (Å²) in [7, 11) is 4.85. The average molecular weight is 253 g/mol. The summed E-state index contributed by atoms with van der Waals surface area (Å²) in [5.74, 6) is 0.855. The quantitative estimate of drug-likeness (QED) is 0.857. The minimum absolute atomic E-state index is 0.0443. The molecule has 0 fully saturated rings. The van der Waals surface area contributed by atoms with E-state index in [9.17, 15) is 9.90 Å². The third kappa shape index (κ3) is 3.63. The minimum Gasteiger partial charge on any atom is -0.493 e. The standard InChI is InChI=1S/C13H19NO4/c1-9(15)10-5-6-11(12(7-10)17-4)18-8-13(16)14(2)3/h5-7,9,15H,8H2,1-4H3. The number of ether oxygens (including phenoxy) is 2. The molecule has 5 nitrogen and oxygen atoms in total. The first-order chi connectivity index (χ1) is 8.45. The molecular weight excluding hydrogens is 234 g/mol. The molecule has 1 atom stereocenters. The molecule has 1 N–H and O–H groups in total. The number of rotatable bonds is 5. The van der Waals surface area contributed by atoms with Gasteiger partial charge in [0.05, 0.1) is 13.2 Å². The van der Waals surface area contributed by atoms with Crippen molar-refractivity contribution >= 4 is 5.91 Å². The van der Waals surface area contributed by atoms with Crippen LogP contribution in [0.4, 0.5) is 0 Å². The fraction of sp³-hybridized carbons (Fsp3) is 0.462. The van der Waals surface area contributed by atoms with Crippen LogP contribution in [0.25, 0.3) is 0 Å². The van der Waals surface area contributed by atoms with Crippen molar-refractivity contribution in [2.75, 3.05) is 27.8 Å². The Hall–Kier alpha value is -1.75. The van der Waals surface area contributed by atoms with E-state index in [-0.39, 0.29) is 12.5 Å². The number of hydrogen-bond donors (Lipinski definition) is 1. The summed E-state index contributed by atoms with van der Waals surface area (Å²) in [6.07, 6.45) is -0.573. The van der Waals surface area contributed by atoms with Crippen LogP contribution in [0.15, 0.2) is 18.2 Å². The van der Waals surface area contributed by atoms with Crippen LogP contribution in [0.2, 0.25) is 0 Å². The lowest BCUT2D eigenvalue weighted by molar-refractivity contribution is -0.130. The highest BCUT2D eigenvalue weighted by molar-refractivity contribution is 5.77. The number of hydrogen-bond acceptors (Lipinski definition) is 4. The summed E-state index contributed by atoms with van der Waals surface area (Å²) < 4.78 is 10.6. The average Bonchev–Trinajstić information content (AvgIpc) is 2.35. The van der Waals surface area contributed by atoms with Crippen molar-refractivity contribution in [2.45, 2.75) is 13.0 Å². The van der Waals surface area contributed by atoms with Gasteiger partial charge < -0.3 is 19.5 Å². The lowest BCUT2D eigenvalue weighted by atomic mass is 10.1. The zero-order chi connectivity index (χ0) is 13.7. The fourth-order valence-corrected chi connectivity index (χ4v) is 1.33. The molecule has 0 aromatic heterocycles. The lowest BCUT2D eigenvalue weighted by Crippen LogP contribution is -2.27. The number of amides is 1. The zero-order valence-corrected chi connectivity index (χ0v) is 11.1. The monoisotopic (exact) mass is 253 g/mol. The van der Waals surface area contributed by atoms with E-state index in [0.717, 1.165) is 5.56 Å². The van der Waals surface area contributed by atoms with E-state index in [4.69, 9.17) is 9.47 Å². The molecule has 5 heteroatoms. The predicted octanol–water partition coefficient (Wildman–Crippen LogP) is 1.22. The Morgan fingerprint density at radius 1 is 1.39 bits per heavy atom. The number of benzene rings is 1. The Morgan fingerprint density at radius 2 is 2.06 bits per heavy atom. The van der Waals surface area contributed by atoms with Crippen molar-refractivity contribution in [1.29, 1.82) is 0 Å². The first-order valence-electron chi connectivity index (χ1n) is 5.64. The van der Waals surface area contributed by atoms with Crippen molar-refractivity contribution < 1.29 is 19.4 Å². The Balaban J connectivity index is 2.80. The molecule has 1 aromatic carbocycles. The highest BCUT2D eigenvalue weighted by Gasteiger charge is 2.11. The van der Waals surface area contributed by atoms with Crippen LogP contribution < -0.4 is 9.47 Å². The van der Waals surface area contributed by atoms with Gasteiger partial charge >= 0.3 is 0 Å². The Bertz CT molecular complexity index is 415. The summed E-state index contributed by atoms with van der Waals surface area (Å²) >= 11 is 0. The van der Waals surface area contributed by atoms with Gasteiger partial charge in [-0.1, -0.05) is 6.07 Å². The van der Waals surface area contributed by atoms with Gasteiger partial charge in [-0.15, -0.1) is 0 Å². The highest BCUT2D eigenvalue weighted by atomic mass is 16.5. The molecule has 1 aromatic rings. The molecule has 0 heterocycles. The number of methoxy groups -OCH3 is 1. The van der Waals surface area contributed by atoms with Crippen molar-refractivity contribution in [2.24, 2.45) is 0 Å². The summed E-state index contributed by atoms with van der Waals surface area (Å²) in [6.45, 7) is 1.63. The van der Waals surface area contributed by atoms with Crippen LogP contribution in [0.1, 0.15) is 18.6 Å². The van der Waals surface area contributed by atoms with Gasteiger partial charge in [-0.2, -0.15) is 0 Å². The molecule has 0 aliphatic heterocycles. The summed E-state index contributed by atoms with van der Waals surface area (Å²) in [4.78, 5) is 12.9. The van der Waals surface area contributed by atoms with Gasteiger partial charge in [0.15, 0.2) is 18.1 Å². The summed E-state index contributed by atoms with van der Waals surface area (Å²) in [6, 6.07) is 5.12. The van der Waals surface area contributed by atoms with Gasteiger partial charge in [-0.3, -0.25) is 4.79 Å². The molecule has 0 radical (unpaired) electrons. The van der Waals surface area contributed by atoms with E-state index in [1.807, 2.05) is 0 Å². The number of carbonyl (C=O) groups is 1. The van der Waals surface area contributed by atoms with Crippen molar-refractivity contribution in [3.05, 3.63) is 23.8 Å². The first kappa shape index (κ1) is 14.3. The molecule has 0 saturated carbocycles. The Morgan fingerprint density at radius 3 is 2.56 bits per heavy atom. The van der Waals surface area contributed by atoms with Gasteiger partial charge in [-0.25, -0.2) is 0 Å². The second kappa shape index (κ2) is 6.26. The minimum atomic E-state index is -0.573. The van der Waals surface area contributed by atoms with Crippen LogP contribution in [0.5, 0.6) is 11.5 Å².